The van der Waals surface area contributed by atoms with E-state index in [0.717, 1.165) is 47.7 Å². The van der Waals surface area contributed by atoms with Crippen LogP contribution in [-0.2, 0) is 7.05 Å². The van der Waals surface area contributed by atoms with Gasteiger partial charge in [0.1, 0.15) is 0 Å². The topological polar surface area (TPSA) is 85.0 Å². The number of amides is 1. The van der Waals surface area contributed by atoms with Crippen molar-refractivity contribution in [1.29, 1.82) is 0 Å². The van der Waals surface area contributed by atoms with Gasteiger partial charge < -0.3 is 10.4 Å². The molecule has 0 unspecified atom stereocenters. The van der Waals surface area contributed by atoms with Crippen molar-refractivity contribution >= 4 is 16.8 Å². The molecule has 0 spiro atoms. The van der Waals surface area contributed by atoms with Crippen molar-refractivity contribution in [2.24, 2.45) is 13.0 Å². The SMILES string of the molecule is Cn1cc(-c2ccc3nn(C4CCC(CNC(=O)c5cc(F)c(O)c(F)c5F)CC4)cc3c2)cn1. The maximum atomic E-state index is 13.9. The second-order valence-electron chi connectivity index (χ2n) is 9.05. The van der Waals surface area contributed by atoms with Crippen molar-refractivity contribution in [3.05, 3.63) is 65.9 Å². The first-order valence-corrected chi connectivity index (χ1v) is 11.4. The Bertz CT molecular complexity index is 1410. The molecule has 0 atom stereocenters. The molecule has 2 aromatic heterocycles. The summed E-state index contributed by atoms with van der Waals surface area (Å²) in [7, 11) is 1.88. The van der Waals surface area contributed by atoms with Gasteiger partial charge in [-0.3, -0.25) is 14.2 Å². The standard InChI is InChI=1S/C25H24F3N5O2/c1-32-12-17(11-30-32)15-4-7-21-16(8-15)13-33(31-21)18-5-2-14(3-6-18)10-29-25(35)19-9-20(26)24(34)23(28)22(19)27/h4,7-9,11-14,18,34H,2-3,5-6,10H2,1H3,(H,29,35). The summed E-state index contributed by atoms with van der Waals surface area (Å²) >= 11 is 0. The molecule has 35 heavy (non-hydrogen) atoms. The number of nitrogens with one attached hydrogen (secondary N) is 1. The number of benzene rings is 2. The molecule has 1 aliphatic carbocycles. The molecule has 2 heterocycles. The Labute approximate surface area is 199 Å². The van der Waals surface area contributed by atoms with Crippen molar-refractivity contribution in [3.8, 4) is 16.9 Å². The zero-order valence-corrected chi connectivity index (χ0v) is 19.0. The van der Waals surface area contributed by atoms with Gasteiger partial charge in [0.05, 0.1) is 23.3 Å². The molecule has 0 bridgehead atoms. The number of hydrogen-bond donors (Lipinski definition) is 2. The predicted molar refractivity (Wildman–Crippen MR) is 123 cm³/mol. The van der Waals surface area contributed by atoms with Gasteiger partial charge in [0.25, 0.3) is 5.91 Å². The first-order valence-electron chi connectivity index (χ1n) is 11.4. The Morgan fingerprint density at radius 3 is 2.57 bits per heavy atom. The molecule has 2 aromatic carbocycles. The molecule has 10 heteroatoms. The number of aromatic nitrogens is 4. The highest BCUT2D eigenvalue weighted by molar-refractivity contribution is 5.94. The molecule has 1 fully saturated rings. The summed E-state index contributed by atoms with van der Waals surface area (Å²) in [6, 6.07) is 6.87. The Hall–Kier alpha value is -3.82. The van der Waals surface area contributed by atoms with Gasteiger partial charge in [0.2, 0.25) is 5.82 Å². The fourth-order valence-electron chi connectivity index (χ4n) is 4.68. The largest absolute Gasteiger partial charge is 0.503 e. The van der Waals surface area contributed by atoms with Gasteiger partial charge in [0, 0.05) is 36.9 Å². The van der Waals surface area contributed by atoms with Crippen LogP contribution in [0, 0.1) is 23.4 Å². The van der Waals surface area contributed by atoms with Crippen LogP contribution in [0.15, 0.2) is 42.9 Å². The number of phenols is 1. The summed E-state index contributed by atoms with van der Waals surface area (Å²) in [5.41, 5.74) is 2.28. The molecule has 7 nitrogen and oxygen atoms in total. The van der Waals surface area contributed by atoms with Crippen LogP contribution in [0.2, 0.25) is 0 Å². The highest BCUT2D eigenvalue weighted by Crippen LogP contribution is 2.33. The van der Waals surface area contributed by atoms with Gasteiger partial charge in [-0.15, -0.1) is 0 Å². The third-order valence-corrected chi connectivity index (χ3v) is 6.68. The predicted octanol–water partition coefficient (Wildman–Crippen LogP) is 4.72. The molecule has 182 valence electrons. The Balaban J connectivity index is 1.19. The lowest BCUT2D eigenvalue weighted by Gasteiger charge is -2.28. The van der Waals surface area contributed by atoms with E-state index in [0.29, 0.717) is 6.07 Å². The molecule has 4 aromatic rings. The Kier molecular flexibility index (Phi) is 5.96. The Morgan fingerprint density at radius 2 is 1.86 bits per heavy atom. The van der Waals surface area contributed by atoms with Crippen LogP contribution < -0.4 is 5.32 Å². The molecule has 2 N–H and O–H groups in total. The quantitative estimate of drug-likeness (QED) is 0.402. The minimum Gasteiger partial charge on any atom is -0.503 e. The van der Waals surface area contributed by atoms with Crippen molar-refractivity contribution in [2.45, 2.75) is 31.7 Å². The zero-order valence-electron chi connectivity index (χ0n) is 19.0. The molecular weight excluding hydrogens is 459 g/mol. The number of carbonyl (C=O) groups excluding carboxylic acids is 1. The van der Waals surface area contributed by atoms with Crippen molar-refractivity contribution < 1.29 is 23.1 Å². The number of fused-ring (bicyclic) bond motifs is 1. The number of carbonyl (C=O) groups is 1. The first kappa shape index (κ1) is 22.9. The van der Waals surface area contributed by atoms with Crippen LogP contribution in [-0.4, -0.2) is 37.1 Å². The molecular formula is C25H24F3N5O2. The van der Waals surface area contributed by atoms with Crippen LogP contribution in [0.3, 0.4) is 0 Å². The van der Waals surface area contributed by atoms with E-state index in [1.807, 2.05) is 36.3 Å². The van der Waals surface area contributed by atoms with Gasteiger partial charge in [-0.1, -0.05) is 6.07 Å². The molecule has 1 saturated carbocycles. The maximum absolute atomic E-state index is 13.9. The van der Waals surface area contributed by atoms with E-state index < -0.39 is 34.7 Å². The summed E-state index contributed by atoms with van der Waals surface area (Å²) in [6.45, 7) is 0.269. The van der Waals surface area contributed by atoms with E-state index in [1.165, 1.54) is 0 Å². The average molecular weight is 483 g/mol. The number of nitrogens with zero attached hydrogens (tertiary/aromatic N) is 4. The van der Waals surface area contributed by atoms with Crippen LogP contribution >= 0.6 is 0 Å². The highest BCUT2D eigenvalue weighted by Gasteiger charge is 2.26. The molecule has 0 aliphatic heterocycles. The summed E-state index contributed by atoms with van der Waals surface area (Å²) < 4.78 is 44.8. The zero-order chi connectivity index (χ0) is 24.7. The number of aromatic hydroxyl groups is 1. The normalized spacial score (nSPS) is 18.2. The molecule has 0 saturated heterocycles. The number of rotatable bonds is 5. The van der Waals surface area contributed by atoms with Crippen LogP contribution in [0.4, 0.5) is 13.2 Å². The van der Waals surface area contributed by atoms with Crippen molar-refractivity contribution in [3.63, 3.8) is 0 Å². The fourth-order valence-corrected chi connectivity index (χ4v) is 4.68. The smallest absolute Gasteiger partial charge is 0.254 e. The fraction of sp³-hybridized carbons (Fsp3) is 0.320. The third-order valence-electron chi connectivity index (χ3n) is 6.68. The summed E-state index contributed by atoms with van der Waals surface area (Å²) in [4.78, 5) is 12.3. The average Bonchev–Trinajstić information content (AvgIpc) is 3.49. The van der Waals surface area contributed by atoms with E-state index in [4.69, 9.17) is 10.2 Å². The van der Waals surface area contributed by atoms with E-state index in [9.17, 15) is 18.0 Å². The number of aryl methyl sites for hydroxylation is 1. The Morgan fingerprint density at radius 1 is 1.09 bits per heavy atom. The summed E-state index contributed by atoms with van der Waals surface area (Å²) in [6.07, 6.45) is 9.22. The molecule has 1 amide bonds. The maximum Gasteiger partial charge on any atom is 0.254 e. The molecule has 5 rings (SSSR count). The van der Waals surface area contributed by atoms with Gasteiger partial charge in [-0.25, -0.2) is 8.78 Å². The molecule has 1 aliphatic rings. The number of halogens is 3. The van der Waals surface area contributed by atoms with Crippen LogP contribution in [0.5, 0.6) is 5.75 Å². The van der Waals surface area contributed by atoms with Gasteiger partial charge in [0.15, 0.2) is 17.4 Å². The lowest BCUT2D eigenvalue weighted by Crippen LogP contribution is -2.32. The van der Waals surface area contributed by atoms with Crippen LogP contribution in [0.1, 0.15) is 42.1 Å². The summed E-state index contributed by atoms with van der Waals surface area (Å²) in [5.74, 6) is -6.90. The minimum atomic E-state index is -1.77. The van der Waals surface area contributed by atoms with Crippen molar-refractivity contribution in [1.82, 2.24) is 24.9 Å². The minimum absolute atomic E-state index is 0.159. The lowest BCUT2D eigenvalue weighted by molar-refractivity contribution is 0.0935. The second kappa shape index (κ2) is 9.09. The molecule has 0 radical (unpaired) electrons. The third kappa shape index (κ3) is 4.48. The van der Waals surface area contributed by atoms with Crippen LogP contribution in [0.25, 0.3) is 22.0 Å². The first-order chi connectivity index (χ1) is 16.8. The number of phenolic OH excluding ortho intramolecular Hbond substituents is 1. The van der Waals surface area contributed by atoms with E-state index >= 15 is 0 Å². The van der Waals surface area contributed by atoms with Gasteiger partial charge >= 0.3 is 0 Å². The monoisotopic (exact) mass is 483 g/mol. The van der Waals surface area contributed by atoms with E-state index in [1.54, 1.807) is 4.68 Å². The highest BCUT2D eigenvalue weighted by atomic mass is 19.2. The van der Waals surface area contributed by atoms with Gasteiger partial charge in [-0.05, 0) is 55.4 Å². The second-order valence-corrected chi connectivity index (χ2v) is 9.05. The van der Waals surface area contributed by atoms with E-state index in [2.05, 4.69) is 22.7 Å². The van der Waals surface area contributed by atoms with Gasteiger partial charge in [-0.2, -0.15) is 14.6 Å². The number of hydrogen-bond acceptors (Lipinski definition) is 4. The lowest BCUT2D eigenvalue weighted by atomic mass is 9.86. The van der Waals surface area contributed by atoms with Crippen molar-refractivity contribution in [2.75, 3.05) is 6.54 Å². The van der Waals surface area contributed by atoms with E-state index in [-0.39, 0.29) is 18.5 Å². The summed E-state index contributed by atoms with van der Waals surface area (Å²) in [5, 5.41) is 21.7.